The highest BCUT2D eigenvalue weighted by Crippen LogP contribution is 2.27. The molecule has 13 heteroatoms. The molecule has 0 fully saturated rings. The Morgan fingerprint density at radius 1 is 0.739 bits per heavy atom. The summed E-state index contributed by atoms with van der Waals surface area (Å²) in [7, 11) is 5.15. The van der Waals surface area contributed by atoms with E-state index in [0.29, 0.717) is 11.5 Å². The third-order valence-corrected chi connectivity index (χ3v) is 7.55. The van der Waals surface area contributed by atoms with Crippen molar-refractivity contribution in [1.82, 2.24) is 0 Å². The van der Waals surface area contributed by atoms with Crippen LogP contribution in [0, 0.1) is 0 Å². The molecule has 0 saturated heterocycles. The van der Waals surface area contributed by atoms with E-state index in [1.54, 1.807) is 0 Å². The lowest BCUT2D eigenvalue weighted by atomic mass is 10.3. The molecule has 0 amide bonds. The quantitative estimate of drug-likeness (QED) is 0.166. The summed E-state index contributed by atoms with van der Waals surface area (Å²) in [6.07, 6.45) is 0. The smallest absolute Gasteiger partial charge is 0.215 e. The number of carbonyl (C=O) groups is 4. The Morgan fingerprint density at radius 2 is 1.17 bits per heavy atom. The van der Waals surface area contributed by atoms with Crippen LogP contribution < -0.4 is 0 Å². The second-order valence-corrected chi connectivity index (χ2v) is 10.2. The number of hydrogen-bond acceptors (Lipinski definition) is 10. The van der Waals surface area contributed by atoms with Gasteiger partial charge in [-0.2, -0.15) is 0 Å². The van der Waals surface area contributed by atoms with Crippen molar-refractivity contribution in [1.29, 1.82) is 0 Å². The van der Waals surface area contributed by atoms with Crippen LogP contribution in [-0.4, -0.2) is 70.6 Å². The third-order valence-electron chi connectivity index (χ3n) is 1.86. The SMILES string of the molecule is O=[S]CC(=O)C(=O)CSSCCSSCC(=O)C(=O)CS(=O)O. The van der Waals surface area contributed by atoms with Gasteiger partial charge in [0.2, 0.25) is 23.1 Å². The Balaban J connectivity index is 3.56. The minimum absolute atomic E-state index is 0.0210. The first-order valence-electron chi connectivity index (χ1n) is 5.81. The molecule has 1 atom stereocenters. The Kier molecular flexibility index (Phi) is 14.7. The van der Waals surface area contributed by atoms with Crippen LogP contribution in [0.5, 0.6) is 0 Å². The molecule has 0 heterocycles. The maximum absolute atomic E-state index is 11.3. The number of Topliss-reactive ketones (excluding diaryl/α,β-unsaturated/α-hetero) is 4. The number of hydrogen-bond donors (Lipinski definition) is 1. The summed E-state index contributed by atoms with van der Waals surface area (Å²) in [4.78, 5) is 44.7. The number of rotatable bonds is 15. The molecule has 1 N–H and O–H groups in total. The molecule has 0 spiro atoms. The van der Waals surface area contributed by atoms with E-state index in [1.807, 2.05) is 0 Å². The van der Waals surface area contributed by atoms with Crippen LogP contribution in [0.1, 0.15) is 0 Å². The molecule has 0 aromatic carbocycles. The van der Waals surface area contributed by atoms with E-state index < -0.39 is 40.0 Å². The van der Waals surface area contributed by atoms with Gasteiger partial charge in [0.15, 0.2) is 11.1 Å². The maximum Gasteiger partial charge on any atom is 0.215 e. The molecule has 0 bridgehead atoms. The van der Waals surface area contributed by atoms with Crippen molar-refractivity contribution >= 4 is 89.1 Å². The van der Waals surface area contributed by atoms with Gasteiger partial charge in [-0.3, -0.25) is 19.2 Å². The molecule has 7 nitrogen and oxygen atoms in total. The molecule has 0 aliphatic rings. The van der Waals surface area contributed by atoms with Crippen molar-refractivity contribution in [3.05, 3.63) is 0 Å². The Bertz CT molecular complexity index is 480. The first-order chi connectivity index (χ1) is 10.9. The maximum atomic E-state index is 11.3. The second kappa shape index (κ2) is 14.5. The zero-order chi connectivity index (χ0) is 17.7. The first kappa shape index (κ1) is 23.2. The fourth-order valence-electron chi connectivity index (χ4n) is 0.864. The monoisotopic (exact) mass is 437 g/mol. The van der Waals surface area contributed by atoms with Gasteiger partial charge in [0.25, 0.3) is 0 Å². The van der Waals surface area contributed by atoms with E-state index in [2.05, 4.69) is 0 Å². The molecule has 131 valence electrons. The molecule has 23 heavy (non-hydrogen) atoms. The van der Waals surface area contributed by atoms with E-state index >= 15 is 0 Å². The number of carbonyl (C=O) groups excluding carboxylic acids is 4. The summed E-state index contributed by atoms with van der Waals surface area (Å²) in [6.45, 7) is 0. The van der Waals surface area contributed by atoms with Crippen molar-refractivity contribution < 1.29 is 32.1 Å². The lowest BCUT2D eigenvalue weighted by Crippen LogP contribution is -2.22. The standard InChI is InChI=1S/C10H13O7S6/c11-7(3-18-15)8(12)4-21-19-1-2-20-22-5-9(13)10(14)6-23(16)17/h1-6H2,(H,16,17). The highest BCUT2D eigenvalue weighted by Gasteiger charge is 2.16. The summed E-state index contributed by atoms with van der Waals surface area (Å²) in [5.74, 6) is -2.51. The molecule has 0 rings (SSSR count). The topological polar surface area (TPSA) is 123 Å². The predicted octanol–water partition coefficient (Wildman–Crippen LogP) is 0.460. The largest absolute Gasteiger partial charge is 0.306 e. The lowest BCUT2D eigenvalue weighted by molar-refractivity contribution is -0.133. The van der Waals surface area contributed by atoms with Crippen LogP contribution in [0.3, 0.4) is 0 Å². The summed E-state index contributed by atoms with van der Waals surface area (Å²) in [6, 6.07) is 0. The average Bonchev–Trinajstić information content (AvgIpc) is 2.48. The molecular formula is C10H13O7S6. The molecule has 0 aromatic heterocycles. The molecule has 1 radical (unpaired) electrons. The van der Waals surface area contributed by atoms with Crippen LogP contribution in [0.2, 0.25) is 0 Å². The van der Waals surface area contributed by atoms with Gasteiger partial charge >= 0.3 is 0 Å². The summed E-state index contributed by atoms with van der Waals surface area (Å²) >= 11 is -2.23. The highest BCUT2D eigenvalue weighted by molar-refractivity contribution is 8.78. The molecule has 0 aromatic rings. The summed E-state index contributed by atoms with van der Waals surface area (Å²) in [5.41, 5.74) is 0. The fourth-order valence-corrected chi connectivity index (χ4v) is 6.07. The van der Waals surface area contributed by atoms with Gasteiger partial charge in [-0.25, -0.2) is 8.42 Å². The van der Waals surface area contributed by atoms with Crippen molar-refractivity contribution in [3.8, 4) is 0 Å². The normalized spacial score (nSPS) is 11.7. The van der Waals surface area contributed by atoms with E-state index in [9.17, 15) is 27.6 Å². The average molecular weight is 438 g/mol. The first-order valence-corrected chi connectivity index (χ1v) is 13.0. The predicted molar refractivity (Wildman–Crippen MR) is 98.5 cm³/mol. The van der Waals surface area contributed by atoms with Gasteiger partial charge < -0.3 is 4.55 Å². The van der Waals surface area contributed by atoms with Gasteiger partial charge in [0, 0.05) is 11.5 Å². The summed E-state index contributed by atoms with van der Waals surface area (Å²) < 4.78 is 29.0. The molecule has 0 aliphatic carbocycles. The van der Waals surface area contributed by atoms with Crippen LogP contribution in [0.15, 0.2) is 0 Å². The van der Waals surface area contributed by atoms with Crippen LogP contribution in [0.25, 0.3) is 0 Å². The van der Waals surface area contributed by atoms with Gasteiger partial charge in [0.05, 0.1) is 23.2 Å². The van der Waals surface area contributed by atoms with E-state index in [4.69, 9.17) is 4.55 Å². The van der Waals surface area contributed by atoms with Crippen molar-refractivity contribution in [2.24, 2.45) is 0 Å². The highest BCUT2D eigenvalue weighted by atomic mass is 33.1. The van der Waals surface area contributed by atoms with E-state index in [-0.39, 0.29) is 28.9 Å². The molecule has 0 saturated carbocycles. The molecule has 0 aliphatic heterocycles. The van der Waals surface area contributed by atoms with Gasteiger partial charge in [0.1, 0.15) is 11.5 Å². The fraction of sp³-hybridized carbons (Fsp3) is 0.600. The zero-order valence-electron chi connectivity index (χ0n) is 11.6. The Labute approximate surface area is 155 Å². The van der Waals surface area contributed by atoms with Crippen molar-refractivity contribution in [2.45, 2.75) is 0 Å². The van der Waals surface area contributed by atoms with Crippen molar-refractivity contribution in [3.63, 3.8) is 0 Å². The summed E-state index contributed by atoms with van der Waals surface area (Å²) in [5, 5.41) is 0. The minimum atomic E-state index is -2.30. The zero-order valence-corrected chi connectivity index (χ0v) is 16.5. The Hall–Kier alpha value is 0.210. The molecule has 1 unspecified atom stereocenters. The van der Waals surface area contributed by atoms with E-state index in [1.165, 1.54) is 43.2 Å². The lowest BCUT2D eigenvalue weighted by Gasteiger charge is -2.01. The van der Waals surface area contributed by atoms with Gasteiger partial charge in [-0.1, -0.05) is 43.2 Å². The number of ketones is 4. The van der Waals surface area contributed by atoms with Crippen LogP contribution in [0.4, 0.5) is 0 Å². The van der Waals surface area contributed by atoms with E-state index in [0.717, 1.165) is 0 Å². The minimum Gasteiger partial charge on any atom is -0.306 e. The van der Waals surface area contributed by atoms with Crippen LogP contribution >= 0.6 is 43.2 Å². The van der Waals surface area contributed by atoms with Crippen LogP contribution in [-0.2, 0) is 41.9 Å². The Morgan fingerprint density at radius 3 is 1.61 bits per heavy atom. The van der Waals surface area contributed by atoms with Crippen molar-refractivity contribution in [2.75, 3.05) is 34.5 Å². The molecular weight excluding hydrogens is 425 g/mol. The second-order valence-electron chi connectivity index (χ2n) is 3.59. The third kappa shape index (κ3) is 13.2. The van der Waals surface area contributed by atoms with Gasteiger partial charge in [-0.15, -0.1) is 0 Å². The van der Waals surface area contributed by atoms with Gasteiger partial charge in [-0.05, 0) is 0 Å².